The van der Waals surface area contributed by atoms with Gasteiger partial charge < -0.3 is 5.11 Å². The van der Waals surface area contributed by atoms with Gasteiger partial charge in [-0.1, -0.05) is 6.92 Å². The normalized spacial score (nSPS) is 16.9. The minimum atomic E-state index is -0.858. The molecule has 0 aliphatic rings. The van der Waals surface area contributed by atoms with Crippen LogP contribution in [0.2, 0.25) is 0 Å². The summed E-state index contributed by atoms with van der Waals surface area (Å²) in [6.07, 6.45) is -0.487. The number of rotatable bonds is 3. The second-order valence-corrected chi connectivity index (χ2v) is 2.33. The van der Waals surface area contributed by atoms with Crippen molar-refractivity contribution in [2.24, 2.45) is 5.92 Å². The summed E-state index contributed by atoms with van der Waals surface area (Å²) in [7, 11) is 0. The highest BCUT2D eigenvalue weighted by molar-refractivity contribution is 5.71. The standard InChI is InChI=1S/C6H12FNO/c1-4(5(2)9)3-6(7)8/h4-5,8-9H,3H2,1-2H3/t4?,5-/m1/s1. The van der Waals surface area contributed by atoms with Crippen molar-refractivity contribution < 1.29 is 9.50 Å². The summed E-state index contributed by atoms with van der Waals surface area (Å²) in [6.45, 7) is 3.30. The number of nitrogens with one attached hydrogen (secondary N) is 1. The van der Waals surface area contributed by atoms with Crippen molar-refractivity contribution in [3.8, 4) is 0 Å². The van der Waals surface area contributed by atoms with Crippen LogP contribution < -0.4 is 0 Å². The number of hydrogen-bond acceptors (Lipinski definition) is 2. The molecule has 0 radical (unpaired) electrons. The predicted octanol–water partition coefficient (Wildman–Crippen LogP) is 1.34. The van der Waals surface area contributed by atoms with Gasteiger partial charge in [-0.15, -0.1) is 0 Å². The quantitative estimate of drug-likeness (QED) is 0.560. The smallest absolute Gasteiger partial charge is 0.182 e. The van der Waals surface area contributed by atoms with E-state index in [4.69, 9.17) is 10.5 Å². The van der Waals surface area contributed by atoms with Crippen molar-refractivity contribution in [3.05, 3.63) is 0 Å². The molecule has 0 aromatic heterocycles. The summed E-state index contributed by atoms with van der Waals surface area (Å²) < 4.78 is 11.8. The van der Waals surface area contributed by atoms with Crippen LogP contribution in [0.1, 0.15) is 20.3 Å². The van der Waals surface area contributed by atoms with Crippen molar-refractivity contribution in [1.29, 1.82) is 5.41 Å². The van der Waals surface area contributed by atoms with Crippen molar-refractivity contribution in [3.63, 3.8) is 0 Å². The van der Waals surface area contributed by atoms with Crippen LogP contribution in [-0.4, -0.2) is 17.2 Å². The topological polar surface area (TPSA) is 44.1 Å². The van der Waals surface area contributed by atoms with Gasteiger partial charge in [0.1, 0.15) is 0 Å². The Hall–Kier alpha value is -0.440. The maximum absolute atomic E-state index is 11.8. The fourth-order valence-corrected chi connectivity index (χ4v) is 0.453. The maximum Gasteiger partial charge on any atom is 0.182 e. The van der Waals surface area contributed by atoms with Crippen molar-refractivity contribution >= 4 is 5.97 Å². The number of aliphatic hydroxyl groups is 1. The molecule has 2 atom stereocenters. The molecule has 0 saturated carbocycles. The Balaban J connectivity index is 3.50. The van der Waals surface area contributed by atoms with Crippen LogP contribution in [0.15, 0.2) is 0 Å². The Morgan fingerprint density at radius 2 is 2.11 bits per heavy atom. The molecule has 0 saturated heterocycles. The summed E-state index contributed by atoms with van der Waals surface area (Å²) in [5, 5.41) is 15.2. The van der Waals surface area contributed by atoms with E-state index in [9.17, 15) is 4.39 Å². The number of halogens is 1. The second kappa shape index (κ2) is 3.56. The molecule has 2 N–H and O–H groups in total. The molecule has 2 nitrogen and oxygen atoms in total. The van der Waals surface area contributed by atoms with E-state index in [1.165, 1.54) is 0 Å². The van der Waals surface area contributed by atoms with E-state index in [1.807, 2.05) is 0 Å². The van der Waals surface area contributed by atoms with E-state index in [0.29, 0.717) is 0 Å². The molecule has 0 fully saturated rings. The van der Waals surface area contributed by atoms with Gasteiger partial charge in [-0.3, -0.25) is 5.41 Å². The average Bonchev–Trinajstić information content (AvgIpc) is 1.63. The zero-order valence-electron chi connectivity index (χ0n) is 5.69. The molecule has 0 amide bonds. The van der Waals surface area contributed by atoms with E-state index >= 15 is 0 Å². The van der Waals surface area contributed by atoms with Gasteiger partial charge in [0.25, 0.3) is 0 Å². The van der Waals surface area contributed by atoms with Gasteiger partial charge in [-0.25, -0.2) is 0 Å². The lowest BCUT2D eigenvalue weighted by atomic mass is 10.0. The van der Waals surface area contributed by atoms with Gasteiger partial charge in [-0.05, 0) is 12.8 Å². The van der Waals surface area contributed by atoms with Crippen LogP contribution in [0.25, 0.3) is 0 Å². The highest BCUT2D eigenvalue weighted by atomic mass is 19.1. The molecule has 0 aromatic rings. The third kappa shape index (κ3) is 4.09. The highest BCUT2D eigenvalue weighted by Crippen LogP contribution is 2.07. The van der Waals surface area contributed by atoms with Crippen LogP contribution in [0, 0.1) is 11.3 Å². The maximum atomic E-state index is 11.8. The first-order chi connectivity index (χ1) is 4.04. The molecule has 0 bridgehead atoms. The summed E-state index contributed by atoms with van der Waals surface area (Å²) in [5.41, 5.74) is 0. The zero-order valence-corrected chi connectivity index (χ0v) is 5.69. The molecule has 0 aliphatic carbocycles. The van der Waals surface area contributed by atoms with Crippen molar-refractivity contribution in [1.82, 2.24) is 0 Å². The highest BCUT2D eigenvalue weighted by Gasteiger charge is 2.10. The van der Waals surface area contributed by atoms with Gasteiger partial charge in [0.15, 0.2) is 5.97 Å². The third-order valence-corrected chi connectivity index (χ3v) is 1.32. The van der Waals surface area contributed by atoms with Gasteiger partial charge in [0.05, 0.1) is 6.10 Å². The predicted molar refractivity (Wildman–Crippen MR) is 34.3 cm³/mol. The van der Waals surface area contributed by atoms with E-state index in [2.05, 4.69) is 0 Å². The van der Waals surface area contributed by atoms with E-state index in [0.717, 1.165) is 0 Å². The molecule has 9 heavy (non-hydrogen) atoms. The van der Waals surface area contributed by atoms with Crippen LogP contribution in [0.3, 0.4) is 0 Å². The Morgan fingerprint density at radius 3 is 2.22 bits per heavy atom. The Bertz CT molecular complexity index is 103. The molecule has 3 heteroatoms. The van der Waals surface area contributed by atoms with Crippen LogP contribution in [-0.2, 0) is 0 Å². The van der Waals surface area contributed by atoms with Gasteiger partial charge in [-0.2, -0.15) is 4.39 Å². The Kier molecular flexibility index (Phi) is 3.39. The Morgan fingerprint density at radius 1 is 1.67 bits per heavy atom. The van der Waals surface area contributed by atoms with Crippen molar-refractivity contribution in [2.75, 3.05) is 0 Å². The first-order valence-corrected chi connectivity index (χ1v) is 2.95. The van der Waals surface area contributed by atoms with Crippen LogP contribution in [0.4, 0.5) is 4.39 Å². The second-order valence-electron chi connectivity index (χ2n) is 2.33. The molecule has 54 valence electrons. The van der Waals surface area contributed by atoms with Gasteiger partial charge in [0, 0.05) is 6.42 Å². The molecule has 0 aromatic carbocycles. The van der Waals surface area contributed by atoms with Gasteiger partial charge in [0.2, 0.25) is 0 Å². The fourth-order valence-electron chi connectivity index (χ4n) is 0.453. The number of aliphatic hydroxyl groups excluding tert-OH is 1. The molecule has 0 spiro atoms. The molecule has 0 heterocycles. The lowest BCUT2D eigenvalue weighted by Gasteiger charge is -2.10. The van der Waals surface area contributed by atoms with Gasteiger partial charge >= 0.3 is 0 Å². The summed E-state index contributed by atoms with van der Waals surface area (Å²) >= 11 is 0. The lowest BCUT2D eigenvalue weighted by molar-refractivity contribution is 0.137. The summed E-state index contributed by atoms with van der Waals surface area (Å²) in [6, 6.07) is 0. The lowest BCUT2D eigenvalue weighted by Crippen LogP contribution is -2.14. The molecule has 0 rings (SSSR count). The summed E-state index contributed by atoms with van der Waals surface area (Å²) in [4.78, 5) is 0. The Labute approximate surface area is 54.2 Å². The molecular weight excluding hydrogens is 121 g/mol. The van der Waals surface area contributed by atoms with Crippen LogP contribution in [0.5, 0.6) is 0 Å². The average molecular weight is 133 g/mol. The van der Waals surface area contributed by atoms with E-state index in [-0.39, 0.29) is 12.3 Å². The first kappa shape index (κ1) is 8.56. The van der Waals surface area contributed by atoms with Crippen LogP contribution >= 0.6 is 0 Å². The fraction of sp³-hybridized carbons (Fsp3) is 0.833. The first-order valence-electron chi connectivity index (χ1n) is 2.95. The summed E-state index contributed by atoms with van der Waals surface area (Å²) in [5.74, 6) is -1.01. The molecular formula is C6H12FNO. The van der Waals surface area contributed by atoms with E-state index < -0.39 is 12.1 Å². The zero-order chi connectivity index (χ0) is 7.44. The third-order valence-electron chi connectivity index (χ3n) is 1.32. The monoisotopic (exact) mass is 133 g/mol. The minimum Gasteiger partial charge on any atom is -0.393 e. The largest absolute Gasteiger partial charge is 0.393 e. The molecule has 1 unspecified atom stereocenters. The SMILES string of the molecule is CC(CC(=N)F)[C@@H](C)O. The van der Waals surface area contributed by atoms with E-state index in [1.54, 1.807) is 13.8 Å². The number of hydrogen-bond donors (Lipinski definition) is 2. The molecule has 0 aliphatic heterocycles. The minimum absolute atomic E-state index is 0.0394. The van der Waals surface area contributed by atoms with Crippen molar-refractivity contribution in [2.45, 2.75) is 26.4 Å².